The van der Waals surface area contributed by atoms with Gasteiger partial charge in [0.15, 0.2) is 0 Å². The first-order valence-electron chi connectivity index (χ1n) is 6.51. The number of methoxy groups -OCH3 is 1. The average molecular weight is 264 g/mol. The molecule has 0 aliphatic rings. The van der Waals surface area contributed by atoms with Gasteiger partial charge in [-0.05, 0) is 31.9 Å². The molecule has 0 bridgehead atoms. The first-order valence-corrected chi connectivity index (χ1v) is 6.51. The number of nitrogens with one attached hydrogen (secondary N) is 1. The third-order valence-electron chi connectivity index (χ3n) is 3.23. The Hall–Kier alpha value is -1.39. The molecule has 1 rings (SSSR count). The van der Waals surface area contributed by atoms with Crippen LogP contribution in [-0.4, -0.2) is 18.6 Å². The molecule has 0 aliphatic heterocycles. The van der Waals surface area contributed by atoms with Crippen LogP contribution < -0.4 is 11.1 Å². The van der Waals surface area contributed by atoms with Gasteiger partial charge in [0.2, 0.25) is 5.91 Å². The van der Waals surface area contributed by atoms with Crippen LogP contribution in [0.15, 0.2) is 24.3 Å². The van der Waals surface area contributed by atoms with Gasteiger partial charge in [-0.2, -0.15) is 0 Å². The van der Waals surface area contributed by atoms with Crippen LogP contribution in [0.5, 0.6) is 0 Å². The Morgan fingerprint density at radius 1 is 1.37 bits per heavy atom. The normalized spacial score (nSPS) is 13.1. The Morgan fingerprint density at radius 3 is 2.42 bits per heavy atom. The summed E-state index contributed by atoms with van der Waals surface area (Å²) in [4.78, 5) is 11.9. The topological polar surface area (TPSA) is 64.3 Å². The van der Waals surface area contributed by atoms with Gasteiger partial charge < -0.3 is 15.8 Å². The van der Waals surface area contributed by atoms with E-state index in [-0.39, 0.29) is 11.9 Å². The molecule has 0 saturated carbocycles. The van der Waals surface area contributed by atoms with Crippen molar-refractivity contribution >= 4 is 5.91 Å². The third kappa shape index (κ3) is 5.01. The summed E-state index contributed by atoms with van der Waals surface area (Å²) in [7, 11) is 1.61. The van der Waals surface area contributed by atoms with Crippen molar-refractivity contribution in [2.24, 2.45) is 5.73 Å². The van der Waals surface area contributed by atoms with Crippen molar-refractivity contribution in [3.8, 4) is 0 Å². The predicted octanol–water partition coefficient (Wildman–Crippen LogP) is 2.14. The monoisotopic (exact) mass is 264 g/mol. The number of amides is 1. The van der Waals surface area contributed by atoms with Crippen LogP contribution in [0.3, 0.4) is 0 Å². The lowest BCUT2D eigenvalue weighted by atomic mass is 10.0. The minimum absolute atomic E-state index is 0.0118. The minimum Gasteiger partial charge on any atom is -0.378 e. The number of benzene rings is 1. The SMILES string of the molecule is COC(C)(C)CC(=O)NC(C)c1ccc(CN)cc1. The van der Waals surface area contributed by atoms with E-state index in [4.69, 9.17) is 10.5 Å². The Labute approximate surface area is 115 Å². The summed E-state index contributed by atoms with van der Waals surface area (Å²) in [5, 5.41) is 2.97. The van der Waals surface area contributed by atoms with Gasteiger partial charge in [-0.15, -0.1) is 0 Å². The number of hydrogen-bond acceptors (Lipinski definition) is 3. The quantitative estimate of drug-likeness (QED) is 0.827. The van der Waals surface area contributed by atoms with Gasteiger partial charge in [-0.1, -0.05) is 24.3 Å². The lowest BCUT2D eigenvalue weighted by Crippen LogP contribution is -2.34. The Bertz CT molecular complexity index is 413. The lowest BCUT2D eigenvalue weighted by molar-refractivity contribution is -0.126. The van der Waals surface area contributed by atoms with Crippen LogP contribution in [0.4, 0.5) is 0 Å². The van der Waals surface area contributed by atoms with Crippen molar-refractivity contribution in [1.29, 1.82) is 0 Å². The maximum absolute atomic E-state index is 11.9. The van der Waals surface area contributed by atoms with Crippen molar-refractivity contribution < 1.29 is 9.53 Å². The van der Waals surface area contributed by atoms with Crippen LogP contribution >= 0.6 is 0 Å². The first kappa shape index (κ1) is 15.7. The van der Waals surface area contributed by atoms with E-state index in [2.05, 4.69) is 5.32 Å². The van der Waals surface area contributed by atoms with Gasteiger partial charge in [0.1, 0.15) is 0 Å². The highest BCUT2D eigenvalue weighted by molar-refractivity contribution is 5.77. The molecule has 0 fully saturated rings. The number of rotatable bonds is 6. The van der Waals surface area contributed by atoms with Crippen molar-refractivity contribution in [2.75, 3.05) is 7.11 Å². The molecule has 4 nitrogen and oxygen atoms in total. The van der Waals surface area contributed by atoms with E-state index in [0.29, 0.717) is 13.0 Å². The van der Waals surface area contributed by atoms with Crippen molar-refractivity contribution in [1.82, 2.24) is 5.32 Å². The summed E-state index contributed by atoms with van der Waals surface area (Å²) in [6.07, 6.45) is 0.342. The van der Waals surface area contributed by atoms with E-state index in [1.165, 1.54) is 0 Å². The van der Waals surface area contributed by atoms with Gasteiger partial charge >= 0.3 is 0 Å². The summed E-state index contributed by atoms with van der Waals surface area (Å²) in [6, 6.07) is 7.93. The number of nitrogens with two attached hydrogens (primary N) is 1. The Kier molecular flexibility index (Phi) is 5.51. The highest BCUT2D eigenvalue weighted by atomic mass is 16.5. The zero-order valence-electron chi connectivity index (χ0n) is 12.2. The molecule has 0 spiro atoms. The molecule has 1 atom stereocenters. The molecule has 1 aromatic carbocycles. The second-order valence-electron chi connectivity index (χ2n) is 5.38. The predicted molar refractivity (Wildman–Crippen MR) is 76.6 cm³/mol. The third-order valence-corrected chi connectivity index (χ3v) is 3.23. The van der Waals surface area contributed by atoms with E-state index in [1.54, 1.807) is 7.11 Å². The van der Waals surface area contributed by atoms with Crippen LogP contribution in [0.2, 0.25) is 0 Å². The molecule has 106 valence electrons. The molecule has 1 aromatic rings. The molecule has 1 amide bonds. The molecular formula is C15H24N2O2. The van der Waals surface area contributed by atoms with Crippen LogP contribution in [0.25, 0.3) is 0 Å². The van der Waals surface area contributed by atoms with Crippen LogP contribution in [0.1, 0.15) is 44.4 Å². The van der Waals surface area contributed by atoms with Gasteiger partial charge in [0.25, 0.3) is 0 Å². The van der Waals surface area contributed by atoms with E-state index in [1.807, 2.05) is 45.0 Å². The number of carbonyl (C=O) groups is 1. The second kappa shape index (κ2) is 6.68. The summed E-state index contributed by atoms with van der Waals surface area (Å²) < 4.78 is 5.25. The zero-order valence-corrected chi connectivity index (χ0v) is 12.2. The molecule has 0 aliphatic carbocycles. The molecule has 0 radical (unpaired) electrons. The van der Waals surface area contributed by atoms with E-state index in [0.717, 1.165) is 11.1 Å². The van der Waals surface area contributed by atoms with Crippen LogP contribution in [-0.2, 0) is 16.1 Å². The first-order chi connectivity index (χ1) is 8.88. The fraction of sp³-hybridized carbons (Fsp3) is 0.533. The van der Waals surface area contributed by atoms with Gasteiger partial charge in [-0.25, -0.2) is 0 Å². The number of hydrogen-bond donors (Lipinski definition) is 2. The largest absolute Gasteiger partial charge is 0.378 e. The molecule has 3 N–H and O–H groups in total. The molecule has 0 aromatic heterocycles. The van der Waals surface area contributed by atoms with Crippen molar-refractivity contribution in [3.63, 3.8) is 0 Å². The summed E-state index contributed by atoms with van der Waals surface area (Å²) in [5.74, 6) is -0.0118. The van der Waals surface area contributed by atoms with E-state index < -0.39 is 5.60 Å². The number of ether oxygens (including phenoxy) is 1. The van der Waals surface area contributed by atoms with E-state index in [9.17, 15) is 4.79 Å². The zero-order chi connectivity index (χ0) is 14.5. The maximum atomic E-state index is 11.9. The summed E-state index contributed by atoms with van der Waals surface area (Å²) in [6.45, 7) is 6.29. The van der Waals surface area contributed by atoms with E-state index >= 15 is 0 Å². The molecule has 0 heterocycles. The fourth-order valence-corrected chi connectivity index (χ4v) is 1.78. The fourth-order valence-electron chi connectivity index (χ4n) is 1.78. The van der Waals surface area contributed by atoms with Gasteiger partial charge in [0, 0.05) is 13.7 Å². The molecule has 1 unspecified atom stereocenters. The molecule has 0 saturated heterocycles. The average Bonchev–Trinajstić information content (AvgIpc) is 2.38. The van der Waals surface area contributed by atoms with Crippen molar-refractivity contribution in [2.45, 2.75) is 45.4 Å². The van der Waals surface area contributed by atoms with Gasteiger partial charge in [-0.3, -0.25) is 4.79 Å². The van der Waals surface area contributed by atoms with Crippen molar-refractivity contribution in [3.05, 3.63) is 35.4 Å². The summed E-state index contributed by atoms with van der Waals surface area (Å²) in [5.41, 5.74) is 7.28. The maximum Gasteiger partial charge on any atom is 0.223 e. The standard InChI is InChI=1S/C15H24N2O2/c1-11(13-7-5-12(10-16)6-8-13)17-14(18)9-15(2,3)19-4/h5-8,11H,9-10,16H2,1-4H3,(H,17,18). The molecule has 4 heteroatoms. The Balaban J connectivity index is 2.58. The molecular weight excluding hydrogens is 240 g/mol. The highest BCUT2D eigenvalue weighted by Gasteiger charge is 2.22. The second-order valence-corrected chi connectivity index (χ2v) is 5.38. The van der Waals surface area contributed by atoms with Gasteiger partial charge in [0.05, 0.1) is 18.1 Å². The van der Waals surface area contributed by atoms with Crippen LogP contribution in [0, 0.1) is 0 Å². The lowest BCUT2D eigenvalue weighted by Gasteiger charge is -2.23. The minimum atomic E-state index is -0.437. The summed E-state index contributed by atoms with van der Waals surface area (Å²) >= 11 is 0. The highest BCUT2D eigenvalue weighted by Crippen LogP contribution is 2.16. The number of carbonyl (C=O) groups excluding carboxylic acids is 1. The Morgan fingerprint density at radius 2 is 1.95 bits per heavy atom. The molecule has 19 heavy (non-hydrogen) atoms. The smallest absolute Gasteiger partial charge is 0.223 e.